The van der Waals surface area contributed by atoms with Crippen molar-refractivity contribution in [2.24, 2.45) is 10.1 Å². The van der Waals surface area contributed by atoms with Crippen molar-refractivity contribution in [2.75, 3.05) is 6.54 Å². The zero-order chi connectivity index (χ0) is 21.1. The van der Waals surface area contributed by atoms with E-state index in [4.69, 9.17) is 9.56 Å². The lowest BCUT2D eigenvalue weighted by molar-refractivity contribution is 0.504. The quantitative estimate of drug-likeness (QED) is 0.171. The van der Waals surface area contributed by atoms with Crippen molar-refractivity contribution in [3.8, 4) is 0 Å². The van der Waals surface area contributed by atoms with Crippen molar-refractivity contribution >= 4 is 40.0 Å². The summed E-state index contributed by atoms with van der Waals surface area (Å²) in [7, 11) is -3.68. The van der Waals surface area contributed by atoms with Crippen LogP contribution < -0.4 is 15.8 Å². The summed E-state index contributed by atoms with van der Waals surface area (Å²) >= 11 is 0. The fourth-order valence-electron chi connectivity index (χ4n) is 2.87. The van der Waals surface area contributed by atoms with Crippen LogP contribution in [0.3, 0.4) is 0 Å². The lowest BCUT2D eigenvalue weighted by atomic mass is 10.1. The Morgan fingerprint density at radius 2 is 1.93 bits per heavy atom. The Kier molecular flexibility index (Phi) is 12.0. The van der Waals surface area contributed by atoms with Gasteiger partial charge in [-0.05, 0) is 43.2 Å². The number of guanidine groups is 1. The third-order valence-electron chi connectivity index (χ3n) is 4.54. The summed E-state index contributed by atoms with van der Waals surface area (Å²) in [5.74, 6) is 1.66. The van der Waals surface area contributed by atoms with Crippen LogP contribution in [0, 0.1) is 0 Å². The molecule has 0 aliphatic carbocycles. The van der Waals surface area contributed by atoms with Gasteiger partial charge in [-0.3, -0.25) is 0 Å². The molecule has 2 rings (SSSR count). The Bertz CT molecular complexity index is 853. The molecule has 0 amide bonds. The van der Waals surface area contributed by atoms with E-state index in [1.807, 2.05) is 12.1 Å². The molecule has 2 aromatic rings. The molecule has 0 aliphatic heterocycles. The molecule has 9 heteroatoms. The van der Waals surface area contributed by atoms with Crippen molar-refractivity contribution in [3.63, 3.8) is 0 Å². The van der Waals surface area contributed by atoms with Gasteiger partial charge in [0.1, 0.15) is 5.76 Å². The summed E-state index contributed by atoms with van der Waals surface area (Å²) in [6.45, 7) is 5.48. The molecule has 0 spiro atoms. The van der Waals surface area contributed by atoms with E-state index >= 15 is 0 Å². The molecular formula is C21H33IN4O3S. The number of aliphatic imine (C=N–C) groups is 1. The van der Waals surface area contributed by atoms with Crippen LogP contribution in [0.4, 0.5) is 0 Å². The number of hydrogen-bond acceptors (Lipinski definition) is 4. The van der Waals surface area contributed by atoms with Crippen LogP contribution in [-0.2, 0) is 23.0 Å². The largest absolute Gasteiger partial charge is 0.469 e. The first-order valence-corrected chi connectivity index (χ1v) is 11.6. The maximum atomic E-state index is 11.4. The zero-order valence-electron chi connectivity index (χ0n) is 17.6. The number of hydrogen-bond donors (Lipinski definition) is 3. The minimum atomic E-state index is -3.68. The van der Waals surface area contributed by atoms with E-state index < -0.39 is 10.0 Å². The van der Waals surface area contributed by atoms with E-state index in [0.29, 0.717) is 19.1 Å². The molecule has 1 heterocycles. The van der Waals surface area contributed by atoms with E-state index in [-0.39, 0.29) is 28.9 Å². The maximum Gasteiger partial charge on any atom is 0.238 e. The van der Waals surface area contributed by atoms with Crippen molar-refractivity contribution in [2.45, 2.75) is 63.4 Å². The molecule has 0 radical (unpaired) electrons. The summed E-state index contributed by atoms with van der Waals surface area (Å²) in [4.78, 5) is 4.76. The summed E-state index contributed by atoms with van der Waals surface area (Å²) in [5, 5.41) is 11.9. The molecular weight excluding hydrogens is 515 g/mol. The van der Waals surface area contributed by atoms with E-state index in [9.17, 15) is 8.42 Å². The Labute approximate surface area is 197 Å². The molecule has 0 saturated heterocycles. The maximum absolute atomic E-state index is 11.4. The fourth-order valence-corrected chi connectivity index (χ4v) is 3.39. The molecule has 7 nitrogen and oxygen atoms in total. The topological polar surface area (TPSA) is 110 Å². The smallest absolute Gasteiger partial charge is 0.238 e. The summed E-state index contributed by atoms with van der Waals surface area (Å²) in [6.07, 6.45) is 7.12. The zero-order valence-corrected chi connectivity index (χ0v) is 20.8. The van der Waals surface area contributed by atoms with E-state index in [1.54, 1.807) is 18.4 Å². The SMILES string of the molecule is CCCCCC(C)NC(=NCc1ccc(S(N)(=O)=O)cc1)NCCc1ccco1.I. The second kappa shape index (κ2) is 13.7. The molecule has 1 unspecified atom stereocenters. The Morgan fingerprint density at radius 3 is 2.53 bits per heavy atom. The fraction of sp³-hybridized carbons (Fsp3) is 0.476. The average molecular weight is 548 g/mol. The number of nitrogens with zero attached hydrogens (tertiary/aromatic N) is 1. The van der Waals surface area contributed by atoms with Gasteiger partial charge in [-0.1, -0.05) is 38.3 Å². The van der Waals surface area contributed by atoms with E-state index in [1.165, 1.54) is 31.4 Å². The van der Waals surface area contributed by atoms with Crippen molar-refractivity contribution < 1.29 is 12.8 Å². The third-order valence-corrected chi connectivity index (χ3v) is 5.47. The third kappa shape index (κ3) is 9.94. The molecule has 30 heavy (non-hydrogen) atoms. The molecule has 0 aliphatic rings. The van der Waals surface area contributed by atoms with Crippen LogP contribution >= 0.6 is 24.0 Å². The summed E-state index contributed by atoms with van der Waals surface area (Å²) in [5.41, 5.74) is 0.906. The highest BCUT2D eigenvalue weighted by atomic mass is 127. The van der Waals surface area contributed by atoms with Gasteiger partial charge < -0.3 is 15.1 Å². The number of sulfonamides is 1. The first-order valence-electron chi connectivity index (χ1n) is 10.1. The van der Waals surface area contributed by atoms with Gasteiger partial charge in [0.25, 0.3) is 0 Å². The predicted molar refractivity (Wildman–Crippen MR) is 132 cm³/mol. The van der Waals surface area contributed by atoms with Crippen LogP contribution in [-0.4, -0.2) is 27.0 Å². The molecule has 0 bridgehead atoms. The number of rotatable bonds is 11. The van der Waals surface area contributed by atoms with Gasteiger partial charge in [0.05, 0.1) is 17.7 Å². The minimum absolute atomic E-state index is 0. The Hall–Kier alpha value is -1.59. The normalized spacial score (nSPS) is 12.8. The van der Waals surface area contributed by atoms with Gasteiger partial charge in [0.15, 0.2) is 5.96 Å². The molecule has 1 aromatic heterocycles. The van der Waals surface area contributed by atoms with Crippen LogP contribution in [0.1, 0.15) is 50.9 Å². The number of benzene rings is 1. The second-order valence-corrected chi connectivity index (χ2v) is 8.71. The van der Waals surface area contributed by atoms with Gasteiger partial charge in [0, 0.05) is 19.0 Å². The number of nitrogens with two attached hydrogens (primary N) is 1. The highest BCUT2D eigenvalue weighted by Gasteiger charge is 2.08. The van der Waals surface area contributed by atoms with Gasteiger partial charge in [-0.25, -0.2) is 18.5 Å². The van der Waals surface area contributed by atoms with Crippen LogP contribution in [0.15, 0.2) is 57.0 Å². The molecule has 1 aromatic carbocycles. The van der Waals surface area contributed by atoms with Crippen molar-refractivity contribution in [1.82, 2.24) is 10.6 Å². The van der Waals surface area contributed by atoms with E-state index in [0.717, 1.165) is 30.1 Å². The first-order chi connectivity index (χ1) is 13.9. The average Bonchev–Trinajstić information content (AvgIpc) is 3.19. The lowest BCUT2D eigenvalue weighted by Crippen LogP contribution is -2.43. The van der Waals surface area contributed by atoms with Crippen molar-refractivity contribution in [3.05, 3.63) is 54.0 Å². The van der Waals surface area contributed by atoms with Gasteiger partial charge in [0.2, 0.25) is 10.0 Å². The standard InChI is InChI=1S/C21H32N4O3S.HI/c1-3-4-5-7-17(2)25-21(23-14-13-19-8-6-15-28-19)24-16-18-9-11-20(12-10-18)29(22,26)27;/h6,8-12,15,17H,3-5,7,13-14,16H2,1-2H3,(H2,22,26,27)(H2,23,24,25);1H. The van der Waals surface area contributed by atoms with Crippen molar-refractivity contribution in [1.29, 1.82) is 0 Å². The summed E-state index contributed by atoms with van der Waals surface area (Å²) in [6, 6.07) is 10.6. The highest BCUT2D eigenvalue weighted by molar-refractivity contribution is 14.0. The summed E-state index contributed by atoms with van der Waals surface area (Å²) < 4.78 is 28.1. The van der Waals surface area contributed by atoms with E-state index in [2.05, 4.69) is 29.5 Å². The number of primary sulfonamides is 1. The predicted octanol–water partition coefficient (Wildman–Crippen LogP) is 3.79. The highest BCUT2D eigenvalue weighted by Crippen LogP contribution is 2.10. The van der Waals surface area contributed by atoms with Gasteiger partial charge >= 0.3 is 0 Å². The lowest BCUT2D eigenvalue weighted by Gasteiger charge is -2.18. The molecule has 0 saturated carbocycles. The Morgan fingerprint density at radius 1 is 1.20 bits per heavy atom. The number of nitrogens with one attached hydrogen (secondary N) is 2. The number of furan rings is 1. The monoisotopic (exact) mass is 548 g/mol. The molecule has 0 fully saturated rings. The Balaban J connectivity index is 0.00000450. The van der Waals surface area contributed by atoms with Crippen LogP contribution in [0.2, 0.25) is 0 Å². The number of halogens is 1. The minimum Gasteiger partial charge on any atom is -0.469 e. The number of unbranched alkanes of at least 4 members (excludes halogenated alkanes) is 2. The van der Waals surface area contributed by atoms with Crippen LogP contribution in [0.25, 0.3) is 0 Å². The van der Waals surface area contributed by atoms with Gasteiger partial charge in [-0.2, -0.15) is 0 Å². The second-order valence-electron chi connectivity index (χ2n) is 7.15. The molecule has 1 atom stereocenters. The molecule has 4 N–H and O–H groups in total. The molecule has 168 valence electrons. The van der Waals surface area contributed by atoms with Crippen LogP contribution in [0.5, 0.6) is 0 Å². The first kappa shape index (κ1) is 26.4. The van der Waals surface area contributed by atoms with Gasteiger partial charge in [-0.15, -0.1) is 24.0 Å².